The van der Waals surface area contributed by atoms with Gasteiger partial charge in [0.1, 0.15) is 0 Å². The largest absolute Gasteiger partial charge is 0.349 e. The summed E-state index contributed by atoms with van der Waals surface area (Å²) in [5.74, 6) is 1.35. The molecule has 1 aromatic carbocycles. The highest BCUT2D eigenvalue weighted by Gasteiger charge is 2.34. The lowest BCUT2D eigenvalue weighted by molar-refractivity contribution is -0.122. The number of halogens is 1. The molecule has 104 valence electrons. The summed E-state index contributed by atoms with van der Waals surface area (Å²) in [7, 11) is 0. The van der Waals surface area contributed by atoms with Crippen molar-refractivity contribution in [3.8, 4) is 0 Å². The fourth-order valence-corrected chi connectivity index (χ4v) is 3.06. The van der Waals surface area contributed by atoms with Gasteiger partial charge < -0.3 is 5.32 Å². The maximum absolute atomic E-state index is 12.2. The highest BCUT2D eigenvalue weighted by Crippen LogP contribution is 2.32. The van der Waals surface area contributed by atoms with E-state index in [9.17, 15) is 4.79 Å². The van der Waals surface area contributed by atoms with Crippen LogP contribution in [0, 0.1) is 5.92 Å². The molecular formula is C16H22ClNO. The van der Waals surface area contributed by atoms with E-state index in [0.717, 1.165) is 37.2 Å². The number of rotatable bonds is 4. The second-order valence-corrected chi connectivity index (χ2v) is 6.07. The van der Waals surface area contributed by atoms with Crippen molar-refractivity contribution in [3.63, 3.8) is 0 Å². The van der Waals surface area contributed by atoms with Gasteiger partial charge in [-0.3, -0.25) is 4.79 Å². The molecule has 2 rings (SSSR count). The maximum Gasteiger partial charge on any atom is 0.224 e. The van der Waals surface area contributed by atoms with Crippen LogP contribution in [0.4, 0.5) is 0 Å². The van der Waals surface area contributed by atoms with E-state index in [-0.39, 0.29) is 11.4 Å². The molecule has 0 bridgehead atoms. The Hall–Kier alpha value is -1.02. The van der Waals surface area contributed by atoms with Crippen LogP contribution in [0.3, 0.4) is 0 Å². The number of hydrogen-bond donors (Lipinski definition) is 1. The van der Waals surface area contributed by atoms with Crippen molar-refractivity contribution in [3.05, 3.63) is 35.9 Å². The lowest BCUT2D eigenvalue weighted by Crippen LogP contribution is -2.52. The normalized spacial score (nSPS) is 26.9. The van der Waals surface area contributed by atoms with Gasteiger partial charge in [0.2, 0.25) is 5.91 Å². The topological polar surface area (TPSA) is 29.1 Å². The second-order valence-electron chi connectivity index (χ2n) is 5.81. The summed E-state index contributed by atoms with van der Waals surface area (Å²) in [5.41, 5.74) is 0.869. The third-order valence-electron chi connectivity index (χ3n) is 4.10. The van der Waals surface area contributed by atoms with Crippen molar-refractivity contribution in [1.29, 1.82) is 0 Å². The summed E-state index contributed by atoms with van der Waals surface area (Å²) in [6.45, 7) is 2.27. The van der Waals surface area contributed by atoms with Gasteiger partial charge in [0.15, 0.2) is 0 Å². The highest BCUT2D eigenvalue weighted by molar-refractivity contribution is 6.18. The van der Waals surface area contributed by atoms with Crippen LogP contribution in [0.1, 0.15) is 38.2 Å². The Morgan fingerprint density at radius 3 is 2.53 bits per heavy atom. The van der Waals surface area contributed by atoms with Crippen LogP contribution in [-0.4, -0.2) is 17.3 Å². The van der Waals surface area contributed by atoms with Crippen LogP contribution < -0.4 is 5.32 Å². The van der Waals surface area contributed by atoms with E-state index in [1.54, 1.807) is 0 Å². The molecule has 1 fully saturated rings. The standard InChI is InChI=1S/C16H22ClNO/c1-13-7-9-16(12-17,10-8-13)18-15(19)11-14-5-3-2-4-6-14/h2-6,13H,7-12H2,1H3,(H,18,19). The van der Waals surface area contributed by atoms with Gasteiger partial charge in [-0.25, -0.2) is 0 Å². The Morgan fingerprint density at radius 1 is 1.32 bits per heavy atom. The van der Waals surface area contributed by atoms with Gasteiger partial charge in [-0.05, 0) is 37.2 Å². The molecular weight excluding hydrogens is 258 g/mol. The fourth-order valence-electron chi connectivity index (χ4n) is 2.73. The van der Waals surface area contributed by atoms with Gasteiger partial charge in [0.25, 0.3) is 0 Å². The minimum absolute atomic E-state index is 0.0846. The minimum atomic E-state index is -0.181. The molecule has 1 aromatic rings. The van der Waals surface area contributed by atoms with Gasteiger partial charge >= 0.3 is 0 Å². The molecule has 19 heavy (non-hydrogen) atoms. The molecule has 0 unspecified atom stereocenters. The van der Waals surface area contributed by atoms with Crippen LogP contribution in [0.5, 0.6) is 0 Å². The highest BCUT2D eigenvalue weighted by atomic mass is 35.5. The first kappa shape index (κ1) is 14.4. The van der Waals surface area contributed by atoms with Crippen LogP contribution in [0.2, 0.25) is 0 Å². The predicted octanol–water partition coefficient (Wildman–Crippen LogP) is 3.53. The Bertz CT molecular complexity index is 410. The molecule has 1 saturated carbocycles. The number of nitrogens with one attached hydrogen (secondary N) is 1. The van der Waals surface area contributed by atoms with Crippen LogP contribution >= 0.6 is 11.6 Å². The van der Waals surface area contributed by atoms with E-state index in [0.29, 0.717) is 12.3 Å². The maximum atomic E-state index is 12.2. The molecule has 1 amide bonds. The number of benzene rings is 1. The number of amides is 1. The Labute approximate surface area is 120 Å². The molecule has 1 N–H and O–H groups in total. The molecule has 0 aromatic heterocycles. The van der Waals surface area contributed by atoms with Gasteiger partial charge in [-0.1, -0.05) is 37.3 Å². The molecule has 1 aliphatic rings. The van der Waals surface area contributed by atoms with Crippen molar-refractivity contribution in [2.24, 2.45) is 5.92 Å². The van der Waals surface area contributed by atoms with E-state index in [1.165, 1.54) is 0 Å². The lowest BCUT2D eigenvalue weighted by atomic mass is 9.78. The molecule has 0 aliphatic heterocycles. The van der Waals surface area contributed by atoms with Crippen molar-refractivity contribution in [1.82, 2.24) is 5.32 Å². The molecule has 1 aliphatic carbocycles. The second kappa shape index (κ2) is 6.42. The monoisotopic (exact) mass is 279 g/mol. The van der Waals surface area contributed by atoms with Crippen molar-refractivity contribution in [2.45, 2.75) is 44.6 Å². The number of hydrogen-bond acceptors (Lipinski definition) is 1. The zero-order valence-corrected chi connectivity index (χ0v) is 12.2. The zero-order valence-electron chi connectivity index (χ0n) is 11.5. The first-order valence-electron chi connectivity index (χ1n) is 7.04. The smallest absolute Gasteiger partial charge is 0.224 e. The van der Waals surface area contributed by atoms with E-state index in [4.69, 9.17) is 11.6 Å². The Kier molecular flexibility index (Phi) is 4.87. The van der Waals surface area contributed by atoms with Gasteiger partial charge in [0, 0.05) is 5.88 Å². The minimum Gasteiger partial charge on any atom is -0.349 e. The lowest BCUT2D eigenvalue weighted by Gasteiger charge is -2.38. The summed E-state index contributed by atoms with van der Waals surface area (Å²) >= 11 is 6.12. The summed E-state index contributed by atoms with van der Waals surface area (Å²) in [5, 5.41) is 3.18. The molecule has 0 heterocycles. The first-order chi connectivity index (χ1) is 9.13. The Balaban J connectivity index is 1.93. The molecule has 0 atom stereocenters. The first-order valence-corrected chi connectivity index (χ1v) is 7.58. The fraction of sp³-hybridized carbons (Fsp3) is 0.562. The van der Waals surface area contributed by atoms with Crippen LogP contribution in [0.15, 0.2) is 30.3 Å². The van der Waals surface area contributed by atoms with E-state index in [2.05, 4.69) is 12.2 Å². The third-order valence-corrected chi connectivity index (χ3v) is 4.61. The van der Waals surface area contributed by atoms with E-state index >= 15 is 0 Å². The molecule has 0 saturated heterocycles. The average Bonchev–Trinajstić information content (AvgIpc) is 2.43. The number of alkyl halides is 1. The molecule has 0 radical (unpaired) electrons. The molecule has 3 heteroatoms. The molecule has 2 nitrogen and oxygen atoms in total. The predicted molar refractivity (Wildman–Crippen MR) is 79.4 cm³/mol. The summed E-state index contributed by atoms with van der Waals surface area (Å²) in [6, 6.07) is 9.85. The van der Waals surface area contributed by atoms with Crippen molar-refractivity contribution in [2.75, 3.05) is 5.88 Å². The summed E-state index contributed by atoms with van der Waals surface area (Å²) in [6.07, 6.45) is 4.74. The van der Waals surface area contributed by atoms with E-state index < -0.39 is 0 Å². The summed E-state index contributed by atoms with van der Waals surface area (Å²) in [4.78, 5) is 12.2. The summed E-state index contributed by atoms with van der Waals surface area (Å²) < 4.78 is 0. The Morgan fingerprint density at radius 2 is 1.95 bits per heavy atom. The van der Waals surface area contributed by atoms with Gasteiger partial charge in [-0.2, -0.15) is 0 Å². The van der Waals surface area contributed by atoms with Crippen molar-refractivity contribution >= 4 is 17.5 Å². The number of carbonyl (C=O) groups excluding carboxylic acids is 1. The van der Waals surface area contributed by atoms with Gasteiger partial charge in [-0.15, -0.1) is 11.6 Å². The number of carbonyl (C=O) groups is 1. The average molecular weight is 280 g/mol. The SMILES string of the molecule is CC1CCC(CCl)(NC(=O)Cc2ccccc2)CC1. The van der Waals surface area contributed by atoms with Crippen molar-refractivity contribution < 1.29 is 4.79 Å². The quantitative estimate of drug-likeness (QED) is 0.840. The van der Waals surface area contributed by atoms with Gasteiger partial charge in [0.05, 0.1) is 12.0 Å². The van der Waals surface area contributed by atoms with Crippen LogP contribution in [0.25, 0.3) is 0 Å². The van der Waals surface area contributed by atoms with E-state index in [1.807, 2.05) is 30.3 Å². The third kappa shape index (κ3) is 3.97. The zero-order chi connectivity index (χ0) is 13.7. The molecule has 0 spiro atoms. The van der Waals surface area contributed by atoms with Crippen LogP contribution in [-0.2, 0) is 11.2 Å².